The van der Waals surface area contributed by atoms with E-state index < -0.39 is 6.04 Å². The molecule has 0 fully saturated rings. The van der Waals surface area contributed by atoms with Crippen molar-refractivity contribution >= 4 is 18.1 Å². The van der Waals surface area contributed by atoms with Crippen LogP contribution in [-0.4, -0.2) is 52.2 Å². The summed E-state index contributed by atoms with van der Waals surface area (Å²) in [4.78, 5) is 41.8. The minimum Gasteiger partial charge on any atom is -0.487 e. The van der Waals surface area contributed by atoms with Gasteiger partial charge in [0.25, 0.3) is 5.91 Å². The van der Waals surface area contributed by atoms with Gasteiger partial charge in [-0.2, -0.15) is 0 Å². The van der Waals surface area contributed by atoms with Crippen LogP contribution in [-0.2, 0) is 22.7 Å². The molecule has 0 saturated carbocycles. The number of rotatable bonds is 12. The predicted octanol–water partition coefficient (Wildman–Crippen LogP) is 1.89. The summed E-state index contributed by atoms with van der Waals surface area (Å²) < 4.78 is 7.87. The number of carbonyl (C=O) groups is 3. The fraction of sp³-hybridized carbons (Fsp3) is 0.259. The molecule has 10 heteroatoms. The zero-order chi connectivity index (χ0) is 26.2. The van der Waals surface area contributed by atoms with Gasteiger partial charge in [0.15, 0.2) is 0 Å². The van der Waals surface area contributed by atoms with E-state index in [-0.39, 0.29) is 37.8 Å². The van der Waals surface area contributed by atoms with E-state index in [9.17, 15) is 14.4 Å². The lowest BCUT2D eigenvalue weighted by atomic mass is 10.1. The second kappa shape index (κ2) is 11.9. The number of hydrogen-bond acceptors (Lipinski definition) is 7. The fourth-order valence-corrected chi connectivity index (χ4v) is 4.17. The summed E-state index contributed by atoms with van der Waals surface area (Å²) >= 11 is 0. The molecule has 37 heavy (non-hydrogen) atoms. The topological polar surface area (TPSA) is 132 Å². The Morgan fingerprint density at radius 3 is 2.86 bits per heavy atom. The van der Waals surface area contributed by atoms with E-state index in [2.05, 4.69) is 21.7 Å². The molecule has 0 radical (unpaired) electrons. The molecule has 10 nitrogen and oxygen atoms in total. The number of fused-ring (bicyclic) bond motifs is 1. The molecule has 4 rings (SSSR count). The highest BCUT2D eigenvalue weighted by molar-refractivity contribution is 6.00. The lowest BCUT2D eigenvalue weighted by Gasteiger charge is -2.22. The van der Waals surface area contributed by atoms with Crippen molar-refractivity contribution < 1.29 is 19.1 Å². The van der Waals surface area contributed by atoms with E-state index in [0.29, 0.717) is 35.4 Å². The monoisotopic (exact) mass is 502 g/mol. The van der Waals surface area contributed by atoms with Gasteiger partial charge in [-0.1, -0.05) is 18.2 Å². The van der Waals surface area contributed by atoms with Crippen LogP contribution in [0.3, 0.4) is 0 Å². The molecule has 192 valence electrons. The molecule has 1 atom stereocenters. The van der Waals surface area contributed by atoms with Gasteiger partial charge in [-0.15, -0.1) is 0 Å². The zero-order valence-corrected chi connectivity index (χ0v) is 20.6. The normalized spacial score (nSPS) is 13.7. The molecule has 2 amide bonds. The summed E-state index contributed by atoms with van der Waals surface area (Å²) in [5, 5.41) is 5.73. The molecule has 0 spiro atoms. The quantitative estimate of drug-likeness (QED) is 0.322. The van der Waals surface area contributed by atoms with Crippen LogP contribution >= 0.6 is 0 Å². The number of aldehydes is 1. The van der Waals surface area contributed by atoms with Gasteiger partial charge in [0.05, 0.1) is 24.6 Å². The van der Waals surface area contributed by atoms with Gasteiger partial charge >= 0.3 is 0 Å². The fourth-order valence-electron chi connectivity index (χ4n) is 4.17. The number of ether oxygens (including phenoxy) is 1. The number of imidazole rings is 1. The molecular formula is C27H30N6O4. The van der Waals surface area contributed by atoms with E-state index >= 15 is 0 Å². The standard InChI is InChI=1S/C27H30N6O4/c1-29-26(35)9-8-22(16-34)33-15-24-23(27(33)36)6-3-7-25(24)37-17-20(28)14-31-13-19-4-2-5-21(12-19)32-11-10-30-18-32/h2-7,10-12,14,16,18,22,31H,8-9,13,15,17,28H2,1H3,(H,29,35)/b20-14-. The van der Waals surface area contributed by atoms with E-state index in [0.717, 1.165) is 11.3 Å². The Morgan fingerprint density at radius 2 is 2.11 bits per heavy atom. The molecule has 1 aliphatic rings. The maximum absolute atomic E-state index is 12.9. The van der Waals surface area contributed by atoms with Crippen molar-refractivity contribution in [1.82, 2.24) is 25.1 Å². The Labute approximate surface area is 215 Å². The summed E-state index contributed by atoms with van der Waals surface area (Å²) in [6.45, 7) is 0.938. The first-order chi connectivity index (χ1) is 18.0. The van der Waals surface area contributed by atoms with Crippen LogP contribution in [0.5, 0.6) is 5.75 Å². The van der Waals surface area contributed by atoms with Crippen molar-refractivity contribution in [3.8, 4) is 11.4 Å². The highest BCUT2D eigenvalue weighted by Gasteiger charge is 2.34. The van der Waals surface area contributed by atoms with Crippen molar-refractivity contribution in [2.24, 2.45) is 5.73 Å². The maximum atomic E-state index is 12.9. The largest absolute Gasteiger partial charge is 0.487 e. The molecule has 2 aromatic carbocycles. The summed E-state index contributed by atoms with van der Waals surface area (Å²) in [7, 11) is 1.54. The van der Waals surface area contributed by atoms with Crippen LogP contribution in [0.25, 0.3) is 5.69 Å². The molecule has 0 saturated heterocycles. The average Bonchev–Trinajstić information content (AvgIpc) is 3.57. The number of benzene rings is 2. The summed E-state index contributed by atoms with van der Waals surface area (Å²) in [6.07, 6.45) is 8.20. The van der Waals surface area contributed by atoms with E-state index in [4.69, 9.17) is 10.5 Å². The average molecular weight is 503 g/mol. The van der Waals surface area contributed by atoms with Crippen LogP contribution in [0.15, 0.2) is 73.1 Å². The molecule has 1 aliphatic heterocycles. The van der Waals surface area contributed by atoms with E-state index in [1.54, 1.807) is 36.9 Å². The number of aromatic nitrogens is 2. The zero-order valence-electron chi connectivity index (χ0n) is 20.6. The predicted molar refractivity (Wildman–Crippen MR) is 138 cm³/mol. The molecule has 2 heterocycles. The minimum absolute atomic E-state index is 0.125. The third-order valence-corrected chi connectivity index (χ3v) is 6.16. The van der Waals surface area contributed by atoms with Gasteiger partial charge in [-0.05, 0) is 36.2 Å². The first-order valence-electron chi connectivity index (χ1n) is 12.0. The number of carbonyl (C=O) groups excluding carboxylic acids is 3. The summed E-state index contributed by atoms with van der Waals surface area (Å²) in [5.41, 5.74) is 9.92. The Hall–Kier alpha value is -4.60. The number of nitrogens with one attached hydrogen (secondary N) is 2. The maximum Gasteiger partial charge on any atom is 0.255 e. The van der Waals surface area contributed by atoms with Crippen molar-refractivity contribution in [3.63, 3.8) is 0 Å². The first-order valence-corrected chi connectivity index (χ1v) is 12.0. The highest BCUT2D eigenvalue weighted by atomic mass is 16.5. The van der Waals surface area contributed by atoms with Gasteiger partial charge < -0.3 is 35.4 Å². The van der Waals surface area contributed by atoms with Crippen LogP contribution in [0.4, 0.5) is 0 Å². The molecule has 0 aliphatic carbocycles. The second-order valence-corrected chi connectivity index (χ2v) is 8.66. The smallest absolute Gasteiger partial charge is 0.255 e. The van der Waals surface area contributed by atoms with Crippen LogP contribution in [0, 0.1) is 0 Å². The van der Waals surface area contributed by atoms with Crippen molar-refractivity contribution in [1.29, 1.82) is 0 Å². The lowest BCUT2D eigenvalue weighted by molar-refractivity contribution is -0.121. The van der Waals surface area contributed by atoms with Gasteiger partial charge in [-0.25, -0.2) is 4.98 Å². The van der Waals surface area contributed by atoms with Gasteiger partial charge in [0.1, 0.15) is 18.6 Å². The Bertz CT molecular complexity index is 1290. The molecular weight excluding hydrogens is 472 g/mol. The third-order valence-electron chi connectivity index (χ3n) is 6.16. The molecule has 3 aromatic rings. The molecule has 4 N–H and O–H groups in total. The van der Waals surface area contributed by atoms with Gasteiger partial charge in [0, 0.05) is 55.4 Å². The van der Waals surface area contributed by atoms with E-state index in [1.807, 2.05) is 29.0 Å². The summed E-state index contributed by atoms with van der Waals surface area (Å²) in [5.74, 6) is 0.105. The summed E-state index contributed by atoms with van der Waals surface area (Å²) in [6, 6.07) is 12.6. The molecule has 1 unspecified atom stereocenters. The minimum atomic E-state index is -0.688. The van der Waals surface area contributed by atoms with Crippen LogP contribution in [0.1, 0.15) is 34.3 Å². The first kappa shape index (κ1) is 25.5. The van der Waals surface area contributed by atoms with Gasteiger partial charge in [0.2, 0.25) is 5.91 Å². The second-order valence-electron chi connectivity index (χ2n) is 8.66. The van der Waals surface area contributed by atoms with Gasteiger partial charge in [-0.3, -0.25) is 9.59 Å². The molecule has 1 aromatic heterocycles. The number of amides is 2. The number of nitrogens with two attached hydrogens (primary N) is 1. The Morgan fingerprint density at radius 1 is 1.27 bits per heavy atom. The number of nitrogens with zero attached hydrogens (tertiary/aromatic N) is 3. The van der Waals surface area contributed by atoms with Crippen molar-refractivity contribution in [3.05, 3.63) is 89.8 Å². The highest BCUT2D eigenvalue weighted by Crippen LogP contribution is 2.32. The van der Waals surface area contributed by atoms with Crippen molar-refractivity contribution in [2.45, 2.75) is 32.0 Å². The van der Waals surface area contributed by atoms with Crippen LogP contribution < -0.4 is 21.1 Å². The number of hydrogen-bond donors (Lipinski definition) is 3. The Kier molecular flexibility index (Phi) is 8.19. The Balaban J connectivity index is 1.34. The SMILES string of the molecule is CNC(=O)CCC(C=O)N1Cc2c(OC/C(N)=C/NCc3cccc(-n4ccnc4)c3)cccc2C1=O. The van der Waals surface area contributed by atoms with E-state index in [1.165, 1.54) is 11.9 Å². The van der Waals surface area contributed by atoms with Crippen LogP contribution in [0.2, 0.25) is 0 Å². The lowest BCUT2D eigenvalue weighted by Crippen LogP contribution is -2.37. The molecule has 0 bridgehead atoms. The third kappa shape index (κ3) is 6.16. The van der Waals surface area contributed by atoms with Crippen molar-refractivity contribution in [2.75, 3.05) is 13.7 Å².